The molecule has 1 aromatic heterocycles. The van der Waals surface area contributed by atoms with Gasteiger partial charge in [-0.2, -0.15) is 0 Å². The minimum Gasteiger partial charge on any atom is -0.368 e. The summed E-state index contributed by atoms with van der Waals surface area (Å²) < 4.78 is 7.91. The lowest BCUT2D eigenvalue weighted by molar-refractivity contribution is -0.138. The highest BCUT2D eigenvalue weighted by Crippen LogP contribution is 2.20. The number of hydrogen-bond donors (Lipinski definition) is 0. The smallest absolute Gasteiger partial charge is 0.248 e. The molecule has 1 amide bonds. The van der Waals surface area contributed by atoms with Gasteiger partial charge >= 0.3 is 0 Å². The van der Waals surface area contributed by atoms with Gasteiger partial charge in [-0.25, -0.2) is 4.98 Å². The number of nitrogens with zero attached hydrogens (tertiary/aromatic N) is 4. The van der Waals surface area contributed by atoms with E-state index in [4.69, 9.17) is 4.74 Å². The number of aromatic nitrogens is 2. The molecule has 2 heterocycles. The van der Waals surface area contributed by atoms with Crippen LogP contribution in [0, 0.1) is 0 Å². The van der Waals surface area contributed by atoms with Gasteiger partial charge in [0.1, 0.15) is 12.4 Å². The van der Waals surface area contributed by atoms with Crippen LogP contribution in [0.5, 0.6) is 0 Å². The van der Waals surface area contributed by atoms with Gasteiger partial charge < -0.3 is 14.2 Å². The van der Waals surface area contributed by atoms with Crippen LogP contribution in [0.2, 0.25) is 0 Å². The van der Waals surface area contributed by atoms with E-state index < -0.39 is 0 Å². The molecule has 1 saturated heterocycles. The Bertz CT molecular complexity index is 525. The van der Waals surface area contributed by atoms with E-state index in [2.05, 4.69) is 14.5 Å². The molecule has 0 atom stereocenters. The molecule has 0 spiro atoms. The second-order valence-electron chi connectivity index (χ2n) is 7.04. The number of carbonyl (C=O) groups is 1. The molecule has 2 fully saturated rings. The minimum absolute atomic E-state index is 0.152. The maximum atomic E-state index is 12.4. The number of carbonyl (C=O) groups excluding carboxylic acids is 1. The molecular formula is C18H30N4O2. The third-order valence-corrected chi connectivity index (χ3v) is 5.22. The molecule has 134 valence electrons. The fraction of sp³-hybridized carbons (Fsp3) is 0.778. The first-order valence-electron chi connectivity index (χ1n) is 9.30. The topological polar surface area (TPSA) is 50.6 Å². The average Bonchev–Trinajstić information content (AvgIpc) is 2.86. The van der Waals surface area contributed by atoms with Gasteiger partial charge in [-0.15, -0.1) is 0 Å². The summed E-state index contributed by atoms with van der Waals surface area (Å²) in [6.45, 7) is 4.65. The molecule has 0 aromatic carbocycles. The molecule has 1 aromatic rings. The lowest BCUT2D eigenvalue weighted by Crippen LogP contribution is -2.38. The standard InChI is InChI=1S/C18H30N4O2/c1-20-11-8-19-17(20)14-21-9-5-10-22(13-12-21)18(23)15-24-16-6-3-2-4-7-16/h8,11,16H,2-7,9-10,12-15H2,1H3. The van der Waals surface area contributed by atoms with Gasteiger partial charge in [0, 0.05) is 45.6 Å². The normalized spacial score (nSPS) is 21.0. The van der Waals surface area contributed by atoms with Crippen molar-refractivity contribution in [2.24, 2.45) is 7.05 Å². The van der Waals surface area contributed by atoms with Gasteiger partial charge in [-0.3, -0.25) is 9.69 Å². The Labute approximate surface area is 144 Å². The van der Waals surface area contributed by atoms with Crippen molar-refractivity contribution in [3.63, 3.8) is 0 Å². The Morgan fingerprint density at radius 3 is 2.75 bits per heavy atom. The number of imidazole rings is 1. The zero-order valence-corrected chi connectivity index (χ0v) is 14.8. The highest BCUT2D eigenvalue weighted by Gasteiger charge is 2.21. The zero-order valence-electron chi connectivity index (χ0n) is 14.8. The molecule has 2 aliphatic rings. The van der Waals surface area contributed by atoms with E-state index in [1.807, 2.05) is 24.3 Å². The highest BCUT2D eigenvalue weighted by molar-refractivity contribution is 5.77. The van der Waals surface area contributed by atoms with Gasteiger partial charge in [0.15, 0.2) is 0 Å². The molecule has 6 heteroatoms. The summed E-state index contributed by atoms with van der Waals surface area (Å²) in [6, 6.07) is 0. The minimum atomic E-state index is 0.152. The summed E-state index contributed by atoms with van der Waals surface area (Å²) in [5, 5.41) is 0. The average molecular weight is 334 g/mol. The van der Waals surface area contributed by atoms with Crippen LogP contribution in [-0.2, 0) is 23.1 Å². The molecule has 0 unspecified atom stereocenters. The van der Waals surface area contributed by atoms with Crippen molar-refractivity contribution in [1.29, 1.82) is 0 Å². The molecular weight excluding hydrogens is 304 g/mol. The number of hydrogen-bond acceptors (Lipinski definition) is 4. The van der Waals surface area contributed by atoms with Crippen LogP contribution in [-0.4, -0.2) is 64.1 Å². The third kappa shape index (κ3) is 4.80. The van der Waals surface area contributed by atoms with Crippen LogP contribution in [0.4, 0.5) is 0 Å². The summed E-state index contributed by atoms with van der Waals surface area (Å²) in [6.07, 6.45) is 11.2. The maximum absolute atomic E-state index is 12.4. The van der Waals surface area contributed by atoms with Gasteiger partial charge in [0.2, 0.25) is 5.91 Å². The predicted octanol–water partition coefficient (Wildman–Crippen LogP) is 1.80. The Balaban J connectivity index is 1.42. The molecule has 3 rings (SSSR count). The number of rotatable bonds is 5. The van der Waals surface area contributed by atoms with Crippen molar-refractivity contribution in [3.05, 3.63) is 18.2 Å². The van der Waals surface area contributed by atoms with Crippen molar-refractivity contribution in [1.82, 2.24) is 19.4 Å². The molecule has 1 aliphatic carbocycles. The van der Waals surface area contributed by atoms with Crippen LogP contribution in [0.25, 0.3) is 0 Å². The summed E-state index contributed by atoms with van der Waals surface area (Å²) in [7, 11) is 2.03. The van der Waals surface area contributed by atoms with E-state index >= 15 is 0 Å². The maximum Gasteiger partial charge on any atom is 0.248 e. The second kappa shape index (κ2) is 8.62. The summed E-state index contributed by atoms with van der Waals surface area (Å²) >= 11 is 0. The zero-order chi connectivity index (χ0) is 16.8. The van der Waals surface area contributed by atoms with E-state index in [9.17, 15) is 4.79 Å². The fourth-order valence-corrected chi connectivity index (χ4v) is 3.64. The van der Waals surface area contributed by atoms with Gasteiger partial charge in [0.25, 0.3) is 0 Å². The van der Waals surface area contributed by atoms with Crippen LogP contribution in [0.15, 0.2) is 12.4 Å². The number of ether oxygens (including phenoxy) is 1. The van der Waals surface area contributed by atoms with Crippen molar-refractivity contribution >= 4 is 5.91 Å². The van der Waals surface area contributed by atoms with Crippen molar-refractivity contribution in [3.8, 4) is 0 Å². The van der Waals surface area contributed by atoms with Crippen molar-refractivity contribution < 1.29 is 9.53 Å². The number of amides is 1. The van der Waals surface area contributed by atoms with E-state index in [1.54, 1.807) is 0 Å². The first-order valence-corrected chi connectivity index (χ1v) is 9.30. The molecule has 1 saturated carbocycles. The third-order valence-electron chi connectivity index (χ3n) is 5.22. The summed E-state index contributed by atoms with van der Waals surface area (Å²) in [5.41, 5.74) is 0. The van der Waals surface area contributed by atoms with Crippen LogP contribution < -0.4 is 0 Å². The summed E-state index contributed by atoms with van der Waals surface area (Å²) in [4.78, 5) is 21.2. The van der Waals surface area contributed by atoms with Gasteiger partial charge in [-0.1, -0.05) is 19.3 Å². The molecule has 0 bridgehead atoms. The molecule has 1 aliphatic heterocycles. The first-order chi connectivity index (χ1) is 11.7. The summed E-state index contributed by atoms with van der Waals surface area (Å²) in [5.74, 6) is 1.23. The highest BCUT2D eigenvalue weighted by atomic mass is 16.5. The van der Waals surface area contributed by atoms with E-state index in [-0.39, 0.29) is 12.5 Å². The number of aryl methyl sites for hydroxylation is 1. The van der Waals surface area contributed by atoms with E-state index in [0.717, 1.165) is 57.8 Å². The van der Waals surface area contributed by atoms with Crippen LogP contribution in [0.3, 0.4) is 0 Å². The van der Waals surface area contributed by atoms with Crippen molar-refractivity contribution in [2.75, 3.05) is 32.8 Å². The van der Waals surface area contributed by atoms with E-state index in [1.165, 1.54) is 19.3 Å². The van der Waals surface area contributed by atoms with Crippen LogP contribution in [0.1, 0.15) is 44.3 Å². The molecule has 0 radical (unpaired) electrons. The van der Waals surface area contributed by atoms with Gasteiger partial charge in [0.05, 0.1) is 12.6 Å². The Morgan fingerprint density at radius 1 is 1.17 bits per heavy atom. The molecule has 0 N–H and O–H groups in total. The lowest BCUT2D eigenvalue weighted by atomic mass is 9.98. The molecule has 6 nitrogen and oxygen atoms in total. The Hall–Kier alpha value is -1.40. The van der Waals surface area contributed by atoms with Crippen molar-refractivity contribution in [2.45, 2.75) is 51.2 Å². The van der Waals surface area contributed by atoms with E-state index in [0.29, 0.717) is 6.10 Å². The lowest BCUT2D eigenvalue weighted by Gasteiger charge is -2.25. The fourth-order valence-electron chi connectivity index (χ4n) is 3.64. The predicted molar refractivity (Wildman–Crippen MR) is 92.5 cm³/mol. The monoisotopic (exact) mass is 334 g/mol. The van der Waals surface area contributed by atoms with Gasteiger partial charge in [-0.05, 0) is 19.3 Å². The van der Waals surface area contributed by atoms with Crippen LogP contribution >= 0.6 is 0 Å². The Morgan fingerprint density at radius 2 is 2.00 bits per heavy atom. The molecule has 24 heavy (non-hydrogen) atoms. The first kappa shape index (κ1) is 17.4. The largest absolute Gasteiger partial charge is 0.368 e. The SMILES string of the molecule is Cn1ccnc1CN1CCCN(C(=O)COC2CCCCC2)CC1. The quantitative estimate of drug-likeness (QED) is 0.824. The second-order valence-corrected chi connectivity index (χ2v) is 7.04. The Kier molecular flexibility index (Phi) is 6.26.